The van der Waals surface area contributed by atoms with Crippen LogP contribution in [-0.4, -0.2) is 10.1 Å². The zero-order valence-electron chi connectivity index (χ0n) is 7.61. The lowest BCUT2D eigenvalue weighted by atomic mass is 10.1. The Morgan fingerprint density at radius 2 is 1.94 bits per heavy atom. The minimum Gasteiger partial charge on any atom is -0.391 e. The van der Waals surface area contributed by atoms with Crippen LogP contribution in [0.5, 0.6) is 0 Å². The number of H-pyrrole nitrogens is 1. The molecular weight excluding hydrogens is 237 g/mol. The van der Waals surface area contributed by atoms with E-state index in [1.807, 2.05) is 0 Å². The lowest BCUT2D eigenvalue weighted by Gasteiger charge is -2.12. The van der Waals surface area contributed by atoms with Crippen LogP contribution in [0.25, 0.3) is 0 Å². The molecule has 1 aromatic rings. The number of hydrogen-bond donors (Lipinski definition) is 2. The minimum atomic E-state index is -5.07. The molecule has 3 nitrogen and oxygen atoms in total. The molecular formula is C8H6F5NO2. The molecule has 0 aromatic carbocycles. The first kappa shape index (κ1) is 12.6. The Labute approximate surface area is 85.5 Å². The number of aromatic nitrogens is 1. The molecule has 0 aliphatic rings. The summed E-state index contributed by atoms with van der Waals surface area (Å²) in [6.07, 6.45) is -8.46. The molecule has 0 saturated carbocycles. The Balaban J connectivity index is 3.49. The summed E-state index contributed by atoms with van der Waals surface area (Å²) in [4.78, 5) is 12.2. The predicted molar refractivity (Wildman–Crippen MR) is 42.9 cm³/mol. The zero-order valence-corrected chi connectivity index (χ0v) is 7.61. The van der Waals surface area contributed by atoms with Crippen molar-refractivity contribution in [2.24, 2.45) is 0 Å². The van der Waals surface area contributed by atoms with E-state index in [1.165, 1.54) is 4.98 Å². The van der Waals surface area contributed by atoms with E-state index in [1.54, 1.807) is 0 Å². The maximum absolute atomic E-state index is 12.3. The number of pyridine rings is 1. The normalized spacial score (nSPS) is 12.2. The van der Waals surface area contributed by atoms with Crippen LogP contribution in [0, 0.1) is 0 Å². The number of halogens is 5. The molecule has 0 saturated heterocycles. The monoisotopic (exact) mass is 243 g/mol. The van der Waals surface area contributed by atoms with Crippen molar-refractivity contribution in [1.29, 1.82) is 0 Å². The standard InChI is InChI=1S/C8H6F5NO2/c9-6(10)4-1-3(2-15)7(16)14-5(4)8(11,12)13/h1,6,15H,2H2,(H,14,16). The highest BCUT2D eigenvalue weighted by atomic mass is 19.4. The summed E-state index contributed by atoms with van der Waals surface area (Å²) < 4.78 is 61.4. The Morgan fingerprint density at radius 3 is 2.31 bits per heavy atom. The van der Waals surface area contributed by atoms with Gasteiger partial charge in [-0.2, -0.15) is 13.2 Å². The van der Waals surface area contributed by atoms with Gasteiger partial charge < -0.3 is 10.1 Å². The van der Waals surface area contributed by atoms with E-state index in [-0.39, 0.29) is 0 Å². The molecule has 0 amide bonds. The Morgan fingerprint density at radius 1 is 1.38 bits per heavy atom. The number of aliphatic hydroxyl groups excluding tert-OH is 1. The Bertz CT molecular complexity index is 437. The largest absolute Gasteiger partial charge is 0.431 e. The van der Waals surface area contributed by atoms with Crippen molar-refractivity contribution >= 4 is 0 Å². The summed E-state index contributed by atoms with van der Waals surface area (Å²) in [5.41, 5.74) is -4.91. The molecule has 0 unspecified atom stereocenters. The van der Waals surface area contributed by atoms with Crippen LogP contribution < -0.4 is 5.56 Å². The fourth-order valence-electron chi connectivity index (χ4n) is 1.12. The molecule has 1 rings (SSSR count). The number of nitrogens with one attached hydrogen (secondary N) is 1. The van der Waals surface area contributed by atoms with E-state index < -0.39 is 41.6 Å². The van der Waals surface area contributed by atoms with Gasteiger partial charge in [0.15, 0.2) is 0 Å². The molecule has 90 valence electrons. The van der Waals surface area contributed by atoms with E-state index in [9.17, 15) is 26.7 Å². The highest BCUT2D eigenvalue weighted by Gasteiger charge is 2.37. The first-order chi connectivity index (χ1) is 7.27. The Kier molecular flexibility index (Phi) is 3.32. The second kappa shape index (κ2) is 4.20. The SMILES string of the molecule is O=c1[nH]c(C(F)(F)F)c(C(F)F)cc1CO. The van der Waals surface area contributed by atoms with Crippen LogP contribution >= 0.6 is 0 Å². The molecule has 8 heteroatoms. The molecule has 0 aliphatic heterocycles. The van der Waals surface area contributed by atoms with Crippen molar-refractivity contribution in [2.45, 2.75) is 19.2 Å². The first-order valence-electron chi connectivity index (χ1n) is 3.99. The zero-order chi connectivity index (χ0) is 12.5. The van der Waals surface area contributed by atoms with Crippen LogP contribution in [0.1, 0.15) is 23.2 Å². The lowest BCUT2D eigenvalue weighted by molar-refractivity contribution is -0.143. The van der Waals surface area contributed by atoms with Crippen LogP contribution in [0.2, 0.25) is 0 Å². The maximum Gasteiger partial charge on any atom is 0.431 e. The van der Waals surface area contributed by atoms with E-state index in [0.717, 1.165) is 0 Å². The molecule has 0 aliphatic carbocycles. The summed E-state index contributed by atoms with van der Waals surface area (Å²) in [6.45, 7) is -0.910. The third-order valence-electron chi connectivity index (χ3n) is 1.84. The topological polar surface area (TPSA) is 53.1 Å². The second-order valence-corrected chi connectivity index (χ2v) is 2.91. The average molecular weight is 243 g/mol. The molecule has 0 atom stereocenters. The van der Waals surface area contributed by atoms with E-state index >= 15 is 0 Å². The third kappa shape index (κ3) is 2.38. The van der Waals surface area contributed by atoms with Crippen molar-refractivity contribution in [3.8, 4) is 0 Å². The maximum atomic E-state index is 12.3. The van der Waals surface area contributed by atoms with Crippen molar-refractivity contribution in [2.75, 3.05) is 0 Å². The van der Waals surface area contributed by atoms with Gasteiger partial charge in [0.05, 0.1) is 6.61 Å². The van der Waals surface area contributed by atoms with E-state index in [2.05, 4.69) is 0 Å². The minimum absolute atomic E-state index is 0.353. The molecule has 0 spiro atoms. The van der Waals surface area contributed by atoms with Gasteiger partial charge in [-0.1, -0.05) is 0 Å². The number of alkyl halides is 5. The van der Waals surface area contributed by atoms with Crippen LogP contribution in [-0.2, 0) is 12.8 Å². The quantitative estimate of drug-likeness (QED) is 0.778. The molecule has 2 N–H and O–H groups in total. The van der Waals surface area contributed by atoms with Gasteiger partial charge in [0, 0.05) is 11.1 Å². The molecule has 0 fully saturated rings. The highest BCUT2D eigenvalue weighted by Crippen LogP contribution is 2.34. The van der Waals surface area contributed by atoms with Gasteiger partial charge in [0.1, 0.15) is 5.69 Å². The van der Waals surface area contributed by atoms with Gasteiger partial charge in [-0.05, 0) is 6.07 Å². The van der Waals surface area contributed by atoms with Gasteiger partial charge in [-0.15, -0.1) is 0 Å². The molecule has 0 radical (unpaired) electrons. The first-order valence-corrected chi connectivity index (χ1v) is 3.99. The second-order valence-electron chi connectivity index (χ2n) is 2.91. The number of hydrogen-bond acceptors (Lipinski definition) is 2. The van der Waals surface area contributed by atoms with E-state index in [4.69, 9.17) is 5.11 Å². The van der Waals surface area contributed by atoms with Gasteiger partial charge in [0.25, 0.3) is 12.0 Å². The van der Waals surface area contributed by atoms with E-state index in [0.29, 0.717) is 6.07 Å². The summed E-state index contributed by atoms with van der Waals surface area (Å²) in [5.74, 6) is 0. The third-order valence-corrected chi connectivity index (χ3v) is 1.84. The molecule has 1 aromatic heterocycles. The summed E-state index contributed by atoms with van der Waals surface area (Å²) in [5, 5.41) is 8.57. The highest BCUT2D eigenvalue weighted by molar-refractivity contribution is 5.28. The predicted octanol–water partition coefficient (Wildman–Crippen LogP) is 1.82. The summed E-state index contributed by atoms with van der Waals surface area (Å²) in [6, 6.07) is 0.353. The molecule has 16 heavy (non-hydrogen) atoms. The Hall–Kier alpha value is -1.44. The van der Waals surface area contributed by atoms with Crippen molar-refractivity contribution in [3.05, 3.63) is 33.2 Å². The van der Waals surface area contributed by atoms with Crippen molar-refractivity contribution in [1.82, 2.24) is 4.98 Å². The average Bonchev–Trinajstić information content (AvgIpc) is 2.15. The van der Waals surface area contributed by atoms with Gasteiger partial charge >= 0.3 is 6.18 Å². The molecule has 1 heterocycles. The number of aromatic amines is 1. The fourth-order valence-corrected chi connectivity index (χ4v) is 1.12. The lowest BCUT2D eigenvalue weighted by Crippen LogP contribution is -2.22. The van der Waals surface area contributed by atoms with Crippen LogP contribution in [0.3, 0.4) is 0 Å². The van der Waals surface area contributed by atoms with Crippen LogP contribution in [0.15, 0.2) is 10.9 Å². The number of aliphatic hydroxyl groups is 1. The van der Waals surface area contributed by atoms with Gasteiger partial charge in [0.2, 0.25) is 0 Å². The fraction of sp³-hybridized carbons (Fsp3) is 0.375. The van der Waals surface area contributed by atoms with Gasteiger partial charge in [-0.25, -0.2) is 8.78 Å². The van der Waals surface area contributed by atoms with Crippen molar-refractivity contribution in [3.63, 3.8) is 0 Å². The summed E-state index contributed by atoms with van der Waals surface area (Å²) >= 11 is 0. The van der Waals surface area contributed by atoms with Gasteiger partial charge in [-0.3, -0.25) is 4.79 Å². The number of rotatable bonds is 2. The van der Waals surface area contributed by atoms with Crippen molar-refractivity contribution < 1.29 is 27.1 Å². The molecule has 0 bridgehead atoms. The summed E-state index contributed by atoms with van der Waals surface area (Å²) in [7, 11) is 0. The van der Waals surface area contributed by atoms with Crippen LogP contribution in [0.4, 0.5) is 22.0 Å². The smallest absolute Gasteiger partial charge is 0.391 e.